The minimum Gasteiger partial charge on any atom is -0.389 e. The molecular weight excluding hydrogens is 304 g/mol. The molecule has 0 heterocycles. The van der Waals surface area contributed by atoms with E-state index in [1.807, 2.05) is 13.0 Å². The van der Waals surface area contributed by atoms with E-state index in [1.165, 1.54) is 6.07 Å². The first-order valence-corrected chi connectivity index (χ1v) is 8.19. The standard InChI is InChI=1S/C15H16N2O2S2/c1-10-4-3-5-12(8-10)17-21(18,19)13-6-7-14(15(16)20)11(2)9-13/h3-9,17H,1-2H3,(H2,16,20). The highest BCUT2D eigenvalue weighted by atomic mass is 32.2. The van der Waals surface area contributed by atoms with Gasteiger partial charge in [-0.3, -0.25) is 4.72 Å². The zero-order chi connectivity index (χ0) is 15.6. The Morgan fingerprint density at radius 3 is 2.43 bits per heavy atom. The van der Waals surface area contributed by atoms with Crippen LogP contribution in [-0.2, 0) is 10.0 Å². The first kappa shape index (κ1) is 15.5. The molecule has 0 fully saturated rings. The van der Waals surface area contributed by atoms with E-state index in [-0.39, 0.29) is 9.88 Å². The summed E-state index contributed by atoms with van der Waals surface area (Å²) in [5.74, 6) is 0. The molecule has 0 saturated carbocycles. The molecule has 0 unspecified atom stereocenters. The number of hydrogen-bond donors (Lipinski definition) is 2. The highest BCUT2D eigenvalue weighted by Crippen LogP contribution is 2.19. The lowest BCUT2D eigenvalue weighted by atomic mass is 10.1. The van der Waals surface area contributed by atoms with E-state index in [4.69, 9.17) is 18.0 Å². The maximum absolute atomic E-state index is 12.4. The molecular formula is C15H16N2O2S2. The maximum Gasteiger partial charge on any atom is 0.261 e. The van der Waals surface area contributed by atoms with Gasteiger partial charge in [0.15, 0.2) is 0 Å². The lowest BCUT2D eigenvalue weighted by Crippen LogP contribution is -2.15. The molecule has 0 aliphatic carbocycles. The summed E-state index contributed by atoms with van der Waals surface area (Å²) >= 11 is 4.92. The lowest BCUT2D eigenvalue weighted by molar-refractivity contribution is 0.601. The number of benzene rings is 2. The molecule has 6 heteroatoms. The van der Waals surface area contributed by atoms with Crippen molar-refractivity contribution < 1.29 is 8.42 Å². The molecule has 0 spiro atoms. The molecule has 0 aromatic heterocycles. The summed E-state index contributed by atoms with van der Waals surface area (Å²) in [5, 5.41) is 0. The second kappa shape index (κ2) is 5.83. The predicted molar refractivity (Wildman–Crippen MR) is 89.1 cm³/mol. The minimum atomic E-state index is -3.63. The number of hydrogen-bond acceptors (Lipinski definition) is 3. The van der Waals surface area contributed by atoms with Crippen LogP contribution < -0.4 is 10.5 Å². The molecule has 3 N–H and O–H groups in total. The van der Waals surface area contributed by atoms with Crippen LogP contribution in [-0.4, -0.2) is 13.4 Å². The Labute approximate surface area is 130 Å². The number of nitrogens with one attached hydrogen (secondary N) is 1. The van der Waals surface area contributed by atoms with Crippen LogP contribution in [0, 0.1) is 13.8 Å². The van der Waals surface area contributed by atoms with Crippen molar-refractivity contribution in [2.45, 2.75) is 18.7 Å². The van der Waals surface area contributed by atoms with Crippen molar-refractivity contribution in [1.29, 1.82) is 0 Å². The van der Waals surface area contributed by atoms with E-state index in [9.17, 15) is 8.42 Å². The molecule has 4 nitrogen and oxygen atoms in total. The third-order valence-corrected chi connectivity index (χ3v) is 4.64. The van der Waals surface area contributed by atoms with E-state index in [0.29, 0.717) is 11.3 Å². The fourth-order valence-corrected chi connectivity index (χ4v) is 3.37. The first-order valence-electron chi connectivity index (χ1n) is 6.29. The zero-order valence-corrected chi connectivity index (χ0v) is 13.4. The second-order valence-electron chi connectivity index (χ2n) is 4.82. The maximum atomic E-state index is 12.4. The monoisotopic (exact) mass is 320 g/mol. The summed E-state index contributed by atoms with van der Waals surface area (Å²) in [5.41, 5.74) is 8.51. The average Bonchev–Trinajstić information content (AvgIpc) is 2.37. The van der Waals surface area contributed by atoms with Crippen LogP contribution in [0.15, 0.2) is 47.4 Å². The summed E-state index contributed by atoms with van der Waals surface area (Å²) in [6.45, 7) is 3.68. The Kier molecular flexibility index (Phi) is 4.29. The predicted octanol–water partition coefficient (Wildman–Crippen LogP) is 2.74. The quantitative estimate of drug-likeness (QED) is 0.850. The molecule has 0 aliphatic rings. The second-order valence-corrected chi connectivity index (χ2v) is 6.94. The van der Waals surface area contributed by atoms with Crippen LogP contribution in [0.2, 0.25) is 0 Å². The summed E-state index contributed by atoms with van der Waals surface area (Å²) < 4.78 is 27.3. The number of rotatable bonds is 4. The van der Waals surface area contributed by atoms with Gasteiger partial charge in [0, 0.05) is 11.3 Å². The fraction of sp³-hybridized carbons (Fsp3) is 0.133. The number of aryl methyl sites for hydroxylation is 2. The van der Waals surface area contributed by atoms with Crippen molar-refractivity contribution in [3.05, 3.63) is 59.2 Å². The van der Waals surface area contributed by atoms with Gasteiger partial charge in [-0.25, -0.2) is 8.42 Å². The topological polar surface area (TPSA) is 72.2 Å². The highest BCUT2D eigenvalue weighted by molar-refractivity contribution is 7.92. The summed E-state index contributed by atoms with van der Waals surface area (Å²) in [7, 11) is -3.63. The molecule has 0 aliphatic heterocycles. The van der Waals surface area contributed by atoms with Gasteiger partial charge in [0.05, 0.1) is 4.90 Å². The van der Waals surface area contributed by atoms with Crippen LogP contribution in [0.1, 0.15) is 16.7 Å². The lowest BCUT2D eigenvalue weighted by Gasteiger charge is -2.11. The van der Waals surface area contributed by atoms with Gasteiger partial charge in [-0.05, 0) is 49.2 Å². The third kappa shape index (κ3) is 3.59. The van der Waals surface area contributed by atoms with Gasteiger partial charge in [0.2, 0.25) is 0 Å². The van der Waals surface area contributed by atoms with E-state index in [0.717, 1.165) is 11.1 Å². The van der Waals surface area contributed by atoms with Gasteiger partial charge < -0.3 is 5.73 Å². The van der Waals surface area contributed by atoms with Crippen molar-refractivity contribution in [3.8, 4) is 0 Å². The minimum absolute atomic E-state index is 0.182. The van der Waals surface area contributed by atoms with Gasteiger partial charge in [-0.15, -0.1) is 0 Å². The molecule has 0 saturated heterocycles. The van der Waals surface area contributed by atoms with Gasteiger partial charge in [-0.1, -0.05) is 30.4 Å². The fourth-order valence-electron chi connectivity index (χ4n) is 2.00. The molecule has 110 valence electrons. The normalized spacial score (nSPS) is 11.1. The van der Waals surface area contributed by atoms with Gasteiger partial charge in [0.25, 0.3) is 10.0 Å². The zero-order valence-electron chi connectivity index (χ0n) is 11.8. The molecule has 2 aromatic rings. The summed E-state index contributed by atoms with van der Waals surface area (Å²) in [6, 6.07) is 11.9. The van der Waals surface area contributed by atoms with Gasteiger partial charge >= 0.3 is 0 Å². The van der Waals surface area contributed by atoms with E-state index in [2.05, 4.69) is 4.72 Å². The van der Waals surface area contributed by atoms with Crippen molar-refractivity contribution in [2.24, 2.45) is 5.73 Å². The third-order valence-electron chi connectivity index (χ3n) is 3.04. The summed E-state index contributed by atoms with van der Waals surface area (Å²) in [4.78, 5) is 0.435. The largest absolute Gasteiger partial charge is 0.389 e. The Morgan fingerprint density at radius 1 is 1.14 bits per heavy atom. The van der Waals surface area contributed by atoms with E-state index in [1.54, 1.807) is 37.3 Å². The van der Waals surface area contributed by atoms with Crippen molar-refractivity contribution >= 4 is 32.9 Å². The molecule has 0 amide bonds. The molecule has 2 rings (SSSR count). The van der Waals surface area contributed by atoms with E-state index < -0.39 is 10.0 Å². The van der Waals surface area contributed by atoms with E-state index >= 15 is 0 Å². The Bertz CT molecular complexity index is 799. The smallest absolute Gasteiger partial charge is 0.261 e. The van der Waals surface area contributed by atoms with Crippen LogP contribution in [0.5, 0.6) is 0 Å². The highest BCUT2D eigenvalue weighted by Gasteiger charge is 2.15. The van der Waals surface area contributed by atoms with Gasteiger partial charge in [-0.2, -0.15) is 0 Å². The van der Waals surface area contributed by atoms with Crippen LogP contribution in [0.4, 0.5) is 5.69 Å². The number of sulfonamides is 1. The van der Waals surface area contributed by atoms with Gasteiger partial charge in [0.1, 0.15) is 4.99 Å². The SMILES string of the molecule is Cc1cccc(NS(=O)(=O)c2ccc(C(N)=S)c(C)c2)c1. The average molecular weight is 320 g/mol. The number of thiocarbonyl (C=S) groups is 1. The Balaban J connectivity index is 2.36. The Hall–Kier alpha value is -1.92. The van der Waals surface area contributed by atoms with Crippen molar-refractivity contribution in [2.75, 3.05) is 4.72 Å². The summed E-state index contributed by atoms with van der Waals surface area (Å²) in [6.07, 6.45) is 0. The molecule has 21 heavy (non-hydrogen) atoms. The number of nitrogens with two attached hydrogens (primary N) is 1. The van der Waals surface area contributed by atoms with Crippen LogP contribution in [0.3, 0.4) is 0 Å². The molecule has 0 radical (unpaired) electrons. The molecule has 0 atom stereocenters. The Morgan fingerprint density at radius 2 is 1.86 bits per heavy atom. The van der Waals surface area contributed by atoms with Crippen LogP contribution in [0.25, 0.3) is 0 Å². The molecule has 0 bridgehead atoms. The first-order chi connectivity index (χ1) is 9.79. The van der Waals surface area contributed by atoms with Crippen molar-refractivity contribution in [1.82, 2.24) is 0 Å². The van der Waals surface area contributed by atoms with Crippen molar-refractivity contribution in [3.63, 3.8) is 0 Å². The molecule has 2 aromatic carbocycles. The van der Waals surface area contributed by atoms with Crippen LogP contribution >= 0.6 is 12.2 Å². The number of anilines is 1.